The fourth-order valence-corrected chi connectivity index (χ4v) is 2.46. The zero-order valence-electron chi connectivity index (χ0n) is 12.0. The fourth-order valence-electron chi connectivity index (χ4n) is 2.46. The van der Waals surface area contributed by atoms with Crippen LogP contribution >= 0.6 is 0 Å². The van der Waals surface area contributed by atoms with E-state index in [0.29, 0.717) is 6.42 Å². The van der Waals surface area contributed by atoms with Gasteiger partial charge in [-0.3, -0.25) is 4.98 Å². The minimum absolute atomic E-state index is 0.441. The predicted octanol–water partition coefficient (Wildman–Crippen LogP) is 2.06. The molecule has 1 atom stereocenters. The Labute approximate surface area is 116 Å². The van der Waals surface area contributed by atoms with Crippen molar-refractivity contribution in [2.45, 2.75) is 32.3 Å². The third-order valence-electron chi connectivity index (χ3n) is 3.89. The second-order valence-electron chi connectivity index (χ2n) is 5.34. The minimum atomic E-state index is -0.441. The van der Waals surface area contributed by atoms with Gasteiger partial charge in [0.25, 0.3) is 0 Å². The zero-order chi connectivity index (χ0) is 13.7. The van der Waals surface area contributed by atoms with Crippen LogP contribution in [0.4, 0.5) is 5.69 Å². The maximum atomic E-state index is 9.72. The molecule has 0 aromatic carbocycles. The summed E-state index contributed by atoms with van der Waals surface area (Å²) in [6, 6.07) is 3.97. The molecule has 1 aliphatic rings. The highest BCUT2D eigenvalue weighted by Gasteiger charge is 2.12. The molecule has 0 radical (unpaired) electrons. The molecule has 0 saturated carbocycles. The maximum Gasteiger partial charge on any atom is 0.0957 e. The topological polar surface area (TPSA) is 39.6 Å². The van der Waals surface area contributed by atoms with E-state index >= 15 is 0 Å². The van der Waals surface area contributed by atoms with Crippen LogP contribution in [0.25, 0.3) is 0 Å². The van der Waals surface area contributed by atoms with Crippen molar-refractivity contribution in [3.8, 4) is 0 Å². The molecule has 0 aliphatic carbocycles. The Balaban J connectivity index is 1.86. The summed E-state index contributed by atoms with van der Waals surface area (Å²) in [5, 5.41) is 9.72. The molecule has 1 aromatic heterocycles. The van der Waals surface area contributed by atoms with E-state index in [1.807, 2.05) is 25.3 Å². The van der Waals surface area contributed by atoms with Crippen LogP contribution in [0.15, 0.2) is 18.3 Å². The van der Waals surface area contributed by atoms with Crippen LogP contribution in [-0.4, -0.2) is 48.2 Å². The summed E-state index contributed by atoms with van der Waals surface area (Å²) in [5.74, 6) is 0. The Morgan fingerprint density at radius 3 is 2.68 bits per heavy atom. The number of anilines is 1. The fraction of sp³-hybridized carbons (Fsp3) is 0.667. The lowest BCUT2D eigenvalue weighted by atomic mass is 10.2. The van der Waals surface area contributed by atoms with Gasteiger partial charge in [0.05, 0.1) is 23.7 Å². The molecule has 1 saturated heterocycles. The Kier molecular flexibility index (Phi) is 5.16. The molecule has 2 rings (SSSR count). The Bertz CT molecular complexity index is 373. The van der Waals surface area contributed by atoms with Crippen LogP contribution in [0.2, 0.25) is 0 Å². The average Bonchev–Trinajstić information content (AvgIpc) is 2.97. The van der Waals surface area contributed by atoms with Gasteiger partial charge in [0, 0.05) is 20.1 Å². The highest BCUT2D eigenvalue weighted by Crippen LogP contribution is 2.17. The van der Waals surface area contributed by atoms with E-state index in [1.54, 1.807) is 0 Å². The summed E-state index contributed by atoms with van der Waals surface area (Å²) >= 11 is 0. The minimum Gasteiger partial charge on any atom is -0.387 e. The number of likely N-dealkylation sites (N-methyl/N-ethyl adjacent to an activating group) is 1. The van der Waals surface area contributed by atoms with E-state index in [1.165, 1.54) is 25.9 Å². The molecule has 4 heteroatoms. The quantitative estimate of drug-likeness (QED) is 0.853. The SMILES string of the molecule is CC[C@@H](O)c1ccc(N(C)CCN2CCCC2)cn1. The van der Waals surface area contributed by atoms with Gasteiger partial charge in [-0.05, 0) is 44.5 Å². The molecule has 0 spiro atoms. The Morgan fingerprint density at radius 2 is 2.11 bits per heavy atom. The van der Waals surface area contributed by atoms with Crippen LogP contribution in [0, 0.1) is 0 Å². The van der Waals surface area contributed by atoms with Gasteiger partial charge in [-0.25, -0.2) is 0 Å². The molecule has 1 aromatic rings. The van der Waals surface area contributed by atoms with Crippen molar-refractivity contribution < 1.29 is 5.11 Å². The highest BCUT2D eigenvalue weighted by atomic mass is 16.3. The Hall–Kier alpha value is -1.13. The van der Waals surface area contributed by atoms with Gasteiger partial charge in [0.15, 0.2) is 0 Å². The lowest BCUT2D eigenvalue weighted by Crippen LogP contribution is -2.31. The molecular weight excluding hydrogens is 238 g/mol. The number of aliphatic hydroxyl groups excluding tert-OH is 1. The number of hydrogen-bond donors (Lipinski definition) is 1. The summed E-state index contributed by atoms with van der Waals surface area (Å²) in [7, 11) is 2.10. The van der Waals surface area contributed by atoms with E-state index in [2.05, 4.69) is 21.8 Å². The first kappa shape index (κ1) is 14.3. The van der Waals surface area contributed by atoms with E-state index < -0.39 is 6.10 Å². The van der Waals surface area contributed by atoms with Crippen LogP contribution in [0.3, 0.4) is 0 Å². The normalized spacial score (nSPS) is 17.6. The number of nitrogens with zero attached hydrogens (tertiary/aromatic N) is 3. The number of aromatic nitrogens is 1. The third-order valence-corrected chi connectivity index (χ3v) is 3.89. The second-order valence-corrected chi connectivity index (χ2v) is 5.34. The molecule has 1 fully saturated rings. The van der Waals surface area contributed by atoms with Crippen LogP contribution in [0.1, 0.15) is 38.0 Å². The largest absolute Gasteiger partial charge is 0.387 e. The molecule has 0 unspecified atom stereocenters. The zero-order valence-corrected chi connectivity index (χ0v) is 12.0. The molecule has 106 valence electrons. The number of likely N-dealkylation sites (tertiary alicyclic amines) is 1. The average molecular weight is 263 g/mol. The summed E-state index contributed by atoms with van der Waals surface area (Å²) in [6.45, 7) is 6.59. The first-order chi connectivity index (χ1) is 9.20. The second kappa shape index (κ2) is 6.87. The third kappa shape index (κ3) is 3.91. The number of rotatable bonds is 6. The first-order valence-corrected chi connectivity index (χ1v) is 7.28. The van der Waals surface area contributed by atoms with E-state index in [-0.39, 0.29) is 0 Å². The maximum absolute atomic E-state index is 9.72. The number of hydrogen-bond acceptors (Lipinski definition) is 4. The van der Waals surface area contributed by atoms with Gasteiger partial charge >= 0.3 is 0 Å². The summed E-state index contributed by atoms with van der Waals surface area (Å²) < 4.78 is 0. The van der Waals surface area contributed by atoms with Gasteiger partial charge in [-0.15, -0.1) is 0 Å². The smallest absolute Gasteiger partial charge is 0.0957 e. The highest BCUT2D eigenvalue weighted by molar-refractivity contribution is 5.43. The molecule has 1 N–H and O–H groups in total. The lowest BCUT2D eigenvalue weighted by Gasteiger charge is -2.23. The Morgan fingerprint density at radius 1 is 1.37 bits per heavy atom. The molecule has 1 aliphatic heterocycles. The summed E-state index contributed by atoms with van der Waals surface area (Å²) in [5.41, 5.74) is 1.88. The lowest BCUT2D eigenvalue weighted by molar-refractivity contribution is 0.169. The molecule has 19 heavy (non-hydrogen) atoms. The molecule has 0 bridgehead atoms. The van der Waals surface area contributed by atoms with Gasteiger partial charge in [-0.1, -0.05) is 6.92 Å². The van der Waals surface area contributed by atoms with E-state index in [4.69, 9.17) is 0 Å². The van der Waals surface area contributed by atoms with Crippen molar-refractivity contribution in [1.82, 2.24) is 9.88 Å². The monoisotopic (exact) mass is 263 g/mol. The van der Waals surface area contributed by atoms with E-state index in [9.17, 15) is 5.11 Å². The van der Waals surface area contributed by atoms with Crippen LogP contribution in [-0.2, 0) is 0 Å². The molecule has 2 heterocycles. The van der Waals surface area contributed by atoms with E-state index in [0.717, 1.165) is 24.5 Å². The van der Waals surface area contributed by atoms with Gasteiger partial charge in [0.1, 0.15) is 0 Å². The van der Waals surface area contributed by atoms with Gasteiger partial charge in [-0.2, -0.15) is 0 Å². The van der Waals surface area contributed by atoms with Gasteiger partial charge < -0.3 is 14.9 Å². The summed E-state index contributed by atoms with van der Waals surface area (Å²) in [6.07, 6.45) is 4.81. The van der Waals surface area contributed by atoms with Gasteiger partial charge in [0.2, 0.25) is 0 Å². The molecule has 4 nitrogen and oxygen atoms in total. The number of pyridine rings is 1. The van der Waals surface area contributed by atoms with Crippen LogP contribution < -0.4 is 4.90 Å². The van der Waals surface area contributed by atoms with Crippen molar-refractivity contribution in [3.05, 3.63) is 24.0 Å². The van der Waals surface area contributed by atoms with Crippen molar-refractivity contribution in [3.63, 3.8) is 0 Å². The standard InChI is InChI=1S/C15H25N3O/c1-3-15(19)14-7-6-13(12-16-14)17(2)10-11-18-8-4-5-9-18/h6-7,12,15,19H,3-5,8-11H2,1-2H3/t15-/m1/s1. The first-order valence-electron chi connectivity index (χ1n) is 7.28. The molecule has 0 amide bonds. The predicted molar refractivity (Wildman–Crippen MR) is 78.4 cm³/mol. The van der Waals surface area contributed by atoms with Crippen molar-refractivity contribution in [1.29, 1.82) is 0 Å². The van der Waals surface area contributed by atoms with Crippen molar-refractivity contribution in [2.75, 3.05) is 38.1 Å². The number of aliphatic hydroxyl groups is 1. The molecular formula is C15H25N3O. The summed E-state index contributed by atoms with van der Waals surface area (Å²) in [4.78, 5) is 9.09. The van der Waals surface area contributed by atoms with Crippen LogP contribution in [0.5, 0.6) is 0 Å². The van der Waals surface area contributed by atoms with Crippen molar-refractivity contribution in [2.24, 2.45) is 0 Å². The van der Waals surface area contributed by atoms with Crippen molar-refractivity contribution >= 4 is 5.69 Å².